The first kappa shape index (κ1) is 20.4. The molecule has 1 N–H and O–H groups in total. The normalized spacial score (nSPS) is 12.4. The number of ether oxygens (including phenoxy) is 2. The highest BCUT2D eigenvalue weighted by molar-refractivity contribution is 5.84. The highest BCUT2D eigenvalue weighted by Crippen LogP contribution is 2.24. The molecule has 0 saturated heterocycles. The van der Waals surface area contributed by atoms with Gasteiger partial charge >= 0.3 is 6.09 Å². The van der Waals surface area contributed by atoms with E-state index in [9.17, 15) is 9.59 Å². The fraction of sp³-hybridized carbons (Fsp3) is 0.318. The van der Waals surface area contributed by atoms with Gasteiger partial charge in [0.2, 0.25) is 0 Å². The summed E-state index contributed by atoms with van der Waals surface area (Å²) < 4.78 is 12.2. The maximum absolute atomic E-state index is 13.4. The topological polar surface area (TPSA) is 82.4 Å². The molecule has 0 aliphatic rings. The fourth-order valence-corrected chi connectivity index (χ4v) is 3.05. The molecule has 29 heavy (non-hydrogen) atoms. The molecule has 3 rings (SSSR count). The molecule has 7 nitrogen and oxygen atoms in total. The van der Waals surface area contributed by atoms with Gasteiger partial charge in [0.15, 0.2) is 0 Å². The lowest BCUT2D eigenvalue weighted by molar-refractivity contribution is 0.0505. The fourth-order valence-electron chi connectivity index (χ4n) is 3.05. The molecule has 0 saturated carbocycles. The van der Waals surface area contributed by atoms with Crippen LogP contribution in [0.5, 0.6) is 5.75 Å². The number of nitrogens with one attached hydrogen (secondary N) is 1. The molecule has 1 amide bonds. The smallest absolute Gasteiger partial charge is 0.408 e. The van der Waals surface area contributed by atoms with Crippen LogP contribution < -0.4 is 15.6 Å². The van der Waals surface area contributed by atoms with Crippen LogP contribution in [0.25, 0.3) is 16.6 Å². The van der Waals surface area contributed by atoms with E-state index in [1.165, 1.54) is 11.7 Å². The lowest BCUT2D eigenvalue weighted by Gasteiger charge is -2.23. The van der Waals surface area contributed by atoms with Gasteiger partial charge in [-0.2, -0.15) is 0 Å². The van der Waals surface area contributed by atoms with Gasteiger partial charge in [-0.15, -0.1) is 0 Å². The molecule has 2 aromatic carbocycles. The van der Waals surface area contributed by atoms with E-state index in [4.69, 9.17) is 9.47 Å². The summed E-state index contributed by atoms with van der Waals surface area (Å²) in [4.78, 5) is 30.4. The molecule has 0 radical (unpaired) electrons. The number of benzene rings is 2. The van der Waals surface area contributed by atoms with Crippen LogP contribution in [0.1, 0.15) is 39.6 Å². The molecule has 0 aliphatic heterocycles. The second-order valence-corrected chi connectivity index (χ2v) is 7.67. The van der Waals surface area contributed by atoms with Crippen molar-refractivity contribution in [2.45, 2.75) is 39.3 Å². The Morgan fingerprint density at radius 2 is 1.79 bits per heavy atom. The minimum atomic E-state index is -0.632. The van der Waals surface area contributed by atoms with E-state index in [0.717, 1.165) is 0 Å². The zero-order chi connectivity index (χ0) is 21.2. The van der Waals surface area contributed by atoms with E-state index >= 15 is 0 Å². The standard InChI is InChI=1S/C22H25N3O4/c1-14(23-21(27)29-22(2,3)4)19-24-16-12-9-13-17(28-5)18(16)20(26)25(19)15-10-7-6-8-11-15/h6-14H,1-5H3,(H,23,27)/t14-/m0/s1. The number of fused-ring (bicyclic) bond motifs is 1. The number of alkyl carbamates (subject to hydrolysis) is 1. The van der Waals surface area contributed by atoms with Crippen LogP contribution in [0.2, 0.25) is 0 Å². The Bertz CT molecular complexity index is 1080. The Balaban J connectivity index is 2.18. The number of para-hydroxylation sites is 1. The Hall–Kier alpha value is -3.35. The molecular weight excluding hydrogens is 370 g/mol. The lowest BCUT2D eigenvalue weighted by atomic mass is 10.2. The zero-order valence-electron chi connectivity index (χ0n) is 17.2. The van der Waals surface area contributed by atoms with Gasteiger partial charge in [0, 0.05) is 0 Å². The Morgan fingerprint density at radius 1 is 1.10 bits per heavy atom. The van der Waals surface area contributed by atoms with Crippen molar-refractivity contribution in [3.05, 3.63) is 64.7 Å². The summed E-state index contributed by atoms with van der Waals surface area (Å²) in [6, 6.07) is 13.8. The van der Waals surface area contributed by atoms with E-state index < -0.39 is 17.7 Å². The third-order valence-corrected chi connectivity index (χ3v) is 4.24. The van der Waals surface area contributed by atoms with Gasteiger partial charge in [-0.05, 0) is 52.0 Å². The van der Waals surface area contributed by atoms with Crippen LogP contribution >= 0.6 is 0 Å². The molecule has 3 aromatic rings. The number of carbonyl (C=O) groups is 1. The molecule has 1 aromatic heterocycles. The quantitative estimate of drug-likeness (QED) is 0.722. The van der Waals surface area contributed by atoms with Gasteiger partial charge in [-0.25, -0.2) is 9.78 Å². The number of hydrogen-bond acceptors (Lipinski definition) is 5. The average Bonchev–Trinajstić information content (AvgIpc) is 2.66. The third kappa shape index (κ3) is 4.39. The van der Waals surface area contributed by atoms with Gasteiger partial charge in [0.25, 0.3) is 5.56 Å². The highest BCUT2D eigenvalue weighted by atomic mass is 16.6. The minimum Gasteiger partial charge on any atom is -0.496 e. The maximum atomic E-state index is 13.4. The Labute approximate surface area is 169 Å². The van der Waals surface area contributed by atoms with Crippen molar-refractivity contribution in [1.82, 2.24) is 14.9 Å². The summed E-state index contributed by atoms with van der Waals surface area (Å²) in [5.74, 6) is 0.844. The first-order valence-corrected chi connectivity index (χ1v) is 9.36. The summed E-state index contributed by atoms with van der Waals surface area (Å²) in [6.45, 7) is 7.13. The Morgan fingerprint density at radius 3 is 2.41 bits per heavy atom. The van der Waals surface area contributed by atoms with Crippen molar-refractivity contribution in [2.75, 3.05) is 7.11 Å². The van der Waals surface area contributed by atoms with Crippen LogP contribution in [0, 0.1) is 0 Å². The summed E-state index contributed by atoms with van der Waals surface area (Å²) in [7, 11) is 1.52. The molecule has 7 heteroatoms. The number of hydrogen-bond donors (Lipinski definition) is 1. The first-order chi connectivity index (χ1) is 13.7. The van der Waals surface area contributed by atoms with Crippen LogP contribution in [0.15, 0.2) is 53.3 Å². The molecule has 0 fully saturated rings. The summed E-state index contributed by atoms with van der Waals surface area (Å²) >= 11 is 0. The van der Waals surface area contributed by atoms with E-state index in [2.05, 4.69) is 10.3 Å². The van der Waals surface area contributed by atoms with E-state index in [-0.39, 0.29) is 5.56 Å². The first-order valence-electron chi connectivity index (χ1n) is 9.36. The molecule has 1 heterocycles. The maximum Gasteiger partial charge on any atom is 0.408 e. The van der Waals surface area contributed by atoms with Crippen molar-refractivity contribution >= 4 is 17.0 Å². The molecule has 1 atom stereocenters. The third-order valence-electron chi connectivity index (χ3n) is 4.24. The molecule has 0 bridgehead atoms. The van der Waals surface area contributed by atoms with Gasteiger partial charge < -0.3 is 14.8 Å². The Kier molecular flexibility index (Phi) is 5.59. The molecule has 0 unspecified atom stereocenters. The van der Waals surface area contributed by atoms with Crippen molar-refractivity contribution in [3.8, 4) is 11.4 Å². The summed E-state index contributed by atoms with van der Waals surface area (Å²) in [6.07, 6.45) is -0.579. The molecule has 0 aliphatic carbocycles. The van der Waals surface area contributed by atoms with Crippen LogP contribution in [-0.2, 0) is 4.74 Å². The van der Waals surface area contributed by atoms with Crippen LogP contribution in [-0.4, -0.2) is 28.4 Å². The molecule has 0 spiro atoms. The largest absolute Gasteiger partial charge is 0.496 e. The van der Waals surface area contributed by atoms with Crippen molar-refractivity contribution in [1.29, 1.82) is 0 Å². The van der Waals surface area contributed by atoms with E-state index in [0.29, 0.717) is 28.2 Å². The van der Waals surface area contributed by atoms with Gasteiger partial charge in [0.1, 0.15) is 22.6 Å². The average molecular weight is 395 g/mol. The van der Waals surface area contributed by atoms with E-state index in [1.54, 1.807) is 45.9 Å². The van der Waals surface area contributed by atoms with Gasteiger partial charge in [-0.3, -0.25) is 9.36 Å². The second-order valence-electron chi connectivity index (χ2n) is 7.67. The van der Waals surface area contributed by atoms with Crippen molar-refractivity contribution in [2.24, 2.45) is 0 Å². The van der Waals surface area contributed by atoms with E-state index in [1.807, 2.05) is 30.3 Å². The van der Waals surface area contributed by atoms with Crippen LogP contribution in [0.3, 0.4) is 0 Å². The van der Waals surface area contributed by atoms with Gasteiger partial charge in [0.05, 0.1) is 24.4 Å². The summed E-state index contributed by atoms with van der Waals surface area (Å²) in [5, 5.41) is 3.15. The highest BCUT2D eigenvalue weighted by Gasteiger charge is 2.23. The molecule has 152 valence electrons. The number of nitrogens with zero attached hydrogens (tertiary/aromatic N) is 2. The van der Waals surface area contributed by atoms with Crippen molar-refractivity contribution in [3.63, 3.8) is 0 Å². The SMILES string of the molecule is COc1cccc2nc([C@H](C)NC(=O)OC(C)(C)C)n(-c3ccccc3)c(=O)c12. The zero-order valence-corrected chi connectivity index (χ0v) is 17.2. The van der Waals surface area contributed by atoms with Gasteiger partial charge in [-0.1, -0.05) is 24.3 Å². The molecular formula is C22H25N3O4. The number of rotatable bonds is 4. The number of carbonyl (C=O) groups excluding carboxylic acids is 1. The monoisotopic (exact) mass is 395 g/mol. The van der Waals surface area contributed by atoms with Crippen LogP contribution in [0.4, 0.5) is 4.79 Å². The second kappa shape index (κ2) is 7.95. The van der Waals surface area contributed by atoms with Crippen molar-refractivity contribution < 1.29 is 14.3 Å². The number of methoxy groups -OCH3 is 1. The number of amides is 1. The predicted molar refractivity (Wildman–Crippen MR) is 112 cm³/mol. The predicted octanol–water partition coefficient (Wildman–Crippen LogP) is 3.98. The lowest BCUT2D eigenvalue weighted by Crippen LogP contribution is -2.37. The minimum absolute atomic E-state index is 0.272. The summed E-state index contributed by atoms with van der Waals surface area (Å²) in [5.41, 5.74) is 0.235. The number of aromatic nitrogens is 2.